The number of carbonyl (C=O) groups is 1. The summed E-state index contributed by atoms with van der Waals surface area (Å²) < 4.78 is 0. The molecule has 6 heteroatoms. The number of aryl methyl sites for hydroxylation is 1. The molecule has 2 aromatic carbocycles. The van der Waals surface area contributed by atoms with E-state index in [1.54, 1.807) is 18.3 Å². The molecule has 114 valence electrons. The molecular formula is C17H13N3O3. The number of rotatable bonds is 3. The van der Waals surface area contributed by atoms with Gasteiger partial charge >= 0.3 is 0 Å². The van der Waals surface area contributed by atoms with Gasteiger partial charge in [-0.1, -0.05) is 12.1 Å². The predicted molar refractivity (Wildman–Crippen MR) is 87.5 cm³/mol. The van der Waals surface area contributed by atoms with E-state index in [9.17, 15) is 14.9 Å². The molecule has 0 aliphatic carbocycles. The molecule has 0 atom stereocenters. The fraction of sp³-hybridized carbons (Fsp3) is 0.0588. The largest absolute Gasteiger partial charge is 0.321 e. The molecule has 0 unspecified atom stereocenters. The van der Waals surface area contributed by atoms with Gasteiger partial charge in [0.1, 0.15) is 0 Å². The van der Waals surface area contributed by atoms with E-state index in [1.807, 2.05) is 19.1 Å². The number of nitrogens with zero attached hydrogens (tertiary/aromatic N) is 2. The third-order valence-electron chi connectivity index (χ3n) is 3.54. The van der Waals surface area contributed by atoms with Gasteiger partial charge in [-0.15, -0.1) is 0 Å². The van der Waals surface area contributed by atoms with Gasteiger partial charge in [-0.2, -0.15) is 0 Å². The SMILES string of the molecule is Cc1ccc(NC(=O)c2cccc([N+](=O)[O-])c2)c2cccnc12. The van der Waals surface area contributed by atoms with Gasteiger partial charge in [0.15, 0.2) is 0 Å². The van der Waals surface area contributed by atoms with E-state index in [4.69, 9.17) is 0 Å². The number of carbonyl (C=O) groups excluding carboxylic acids is 1. The van der Waals surface area contributed by atoms with E-state index in [0.717, 1.165) is 16.5 Å². The molecule has 0 radical (unpaired) electrons. The maximum Gasteiger partial charge on any atom is 0.270 e. The molecular weight excluding hydrogens is 294 g/mol. The maximum absolute atomic E-state index is 12.4. The van der Waals surface area contributed by atoms with Gasteiger partial charge in [0.2, 0.25) is 0 Å². The summed E-state index contributed by atoms with van der Waals surface area (Å²) in [5.41, 5.74) is 2.55. The summed E-state index contributed by atoms with van der Waals surface area (Å²) in [6.07, 6.45) is 1.70. The number of benzene rings is 2. The first kappa shape index (κ1) is 14.6. The number of non-ortho nitro benzene ring substituents is 1. The molecule has 1 amide bonds. The fourth-order valence-electron chi connectivity index (χ4n) is 2.38. The van der Waals surface area contributed by atoms with Crippen molar-refractivity contribution in [3.8, 4) is 0 Å². The van der Waals surface area contributed by atoms with Crippen molar-refractivity contribution in [3.63, 3.8) is 0 Å². The minimum Gasteiger partial charge on any atom is -0.321 e. The second-order valence-corrected chi connectivity index (χ2v) is 5.09. The number of pyridine rings is 1. The molecule has 3 rings (SSSR count). The van der Waals surface area contributed by atoms with Crippen molar-refractivity contribution in [1.82, 2.24) is 4.98 Å². The van der Waals surface area contributed by atoms with E-state index in [2.05, 4.69) is 10.3 Å². The molecule has 3 aromatic rings. The van der Waals surface area contributed by atoms with Gasteiger partial charge in [-0.25, -0.2) is 0 Å². The van der Waals surface area contributed by atoms with Crippen molar-refractivity contribution in [3.05, 3.63) is 76.0 Å². The highest BCUT2D eigenvalue weighted by molar-refractivity contribution is 6.09. The molecule has 0 aliphatic rings. The molecule has 0 saturated carbocycles. The molecule has 0 saturated heterocycles. The Morgan fingerprint density at radius 3 is 2.78 bits per heavy atom. The molecule has 0 fully saturated rings. The van der Waals surface area contributed by atoms with E-state index in [1.165, 1.54) is 24.3 Å². The highest BCUT2D eigenvalue weighted by Gasteiger charge is 2.13. The van der Waals surface area contributed by atoms with Crippen LogP contribution in [-0.2, 0) is 0 Å². The van der Waals surface area contributed by atoms with Gasteiger partial charge in [-0.05, 0) is 36.8 Å². The number of amides is 1. The van der Waals surface area contributed by atoms with Crippen LogP contribution in [0.5, 0.6) is 0 Å². The Balaban J connectivity index is 1.96. The predicted octanol–water partition coefficient (Wildman–Crippen LogP) is 3.70. The van der Waals surface area contributed by atoms with E-state index in [-0.39, 0.29) is 11.3 Å². The van der Waals surface area contributed by atoms with Crippen molar-refractivity contribution in [1.29, 1.82) is 0 Å². The van der Waals surface area contributed by atoms with E-state index >= 15 is 0 Å². The van der Waals surface area contributed by atoms with E-state index in [0.29, 0.717) is 5.69 Å². The average molecular weight is 307 g/mol. The van der Waals surface area contributed by atoms with Crippen LogP contribution < -0.4 is 5.32 Å². The minimum atomic E-state index is -0.526. The monoisotopic (exact) mass is 307 g/mol. The zero-order valence-corrected chi connectivity index (χ0v) is 12.3. The summed E-state index contributed by atoms with van der Waals surface area (Å²) in [6.45, 7) is 1.95. The number of hydrogen-bond acceptors (Lipinski definition) is 4. The Hall–Kier alpha value is -3.28. The number of hydrogen-bond donors (Lipinski definition) is 1. The van der Waals surface area contributed by atoms with Crippen LogP contribution in [0.15, 0.2) is 54.7 Å². The summed E-state index contributed by atoms with van der Waals surface area (Å²) >= 11 is 0. The molecule has 1 N–H and O–H groups in total. The second kappa shape index (κ2) is 5.84. The van der Waals surface area contributed by atoms with Crippen molar-refractivity contribution in [2.75, 3.05) is 5.32 Å². The highest BCUT2D eigenvalue weighted by atomic mass is 16.6. The van der Waals surface area contributed by atoms with Gasteiger partial charge in [0, 0.05) is 29.3 Å². The summed E-state index contributed by atoms with van der Waals surface area (Å²) in [5, 5.41) is 14.4. The molecule has 0 spiro atoms. The highest BCUT2D eigenvalue weighted by Crippen LogP contribution is 2.25. The fourth-order valence-corrected chi connectivity index (χ4v) is 2.38. The number of nitro benzene ring substituents is 1. The average Bonchev–Trinajstić information content (AvgIpc) is 2.57. The van der Waals surface area contributed by atoms with Crippen molar-refractivity contribution < 1.29 is 9.72 Å². The number of nitro groups is 1. The summed E-state index contributed by atoms with van der Waals surface area (Å²) in [6, 6.07) is 13.0. The number of aromatic nitrogens is 1. The van der Waals surface area contributed by atoms with Crippen LogP contribution in [-0.4, -0.2) is 15.8 Å². The Morgan fingerprint density at radius 2 is 2.00 bits per heavy atom. The third-order valence-corrected chi connectivity index (χ3v) is 3.54. The molecule has 6 nitrogen and oxygen atoms in total. The van der Waals surface area contributed by atoms with Gasteiger partial charge in [0.05, 0.1) is 16.1 Å². The zero-order valence-electron chi connectivity index (χ0n) is 12.3. The normalized spacial score (nSPS) is 10.5. The first-order chi connectivity index (χ1) is 11.1. The van der Waals surface area contributed by atoms with Crippen molar-refractivity contribution in [2.45, 2.75) is 6.92 Å². The standard InChI is InChI=1S/C17H13N3O3/c1-11-7-8-15(14-6-3-9-18-16(11)14)19-17(21)12-4-2-5-13(10-12)20(22)23/h2-10H,1H3,(H,19,21). The summed E-state index contributed by atoms with van der Waals surface area (Å²) in [4.78, 5) is 27.0. The topological polar surface area (TPSA) is 85.1 Å². The van der Waals surface area contributed by atoms with Gasteiger partial charge in [0.25, 0.3) is 11.6 Å². The Bertz CT molecular complexity index is 922. The lowest BCUT2D eigenvalue weighted by atomic mass is 10.1. The summed E-state index contributed by atoms with van der Waals surface area (Å²) in [5.74, 6) is -0.400. The van der Waals surface area contributed by atoms with Crippen LogP contribution in [0.3, 0.4) is 0 Å². The maximum atomic E-state index is 12.4. The van der Waals surface area contributed by atoms with Crippen LogP contribution in [0.4, 0.5) is 11.4 Å². The number of anilines is 1. The van der Waals surface area contributed by atoms with Crippen LogP contribution in [0.25, 0.3) is 10.9 Å². The third kappa shape index (κ3) is 2.87. The van der Waals surface area contributed by atoms with Crippen molar-refractivity contribution in [2.24, 2.45) is 0 Å². The van der Waals surface area contributed by atoms with Crippen LogP contribution in [0.1, 0.15) is 15.9 Å². The molecule has 1 aromatic heterocycles. The Morgan fingerprint density at radius 1 is 1.17 bits per heavy atom. The van der Waals surface area contributed by atoms with Crippen LogP contribution >= 0.6 is 0 Å². The lowest BCUT2D eigenvalue weighted by Gasteiger charge is -2.10. The van der Waals surface area contributed by atoms with E-state index < -0.39 is 10.8 Å². The van der Waals surface area contributed by atoms with Crippen LogP contribution in [0.2, 0.25) is 0 Å². The minimum absolute atomic E-state index is 0.118. The first-order valence-corrected chi connectivity index (χ1v) is 6.96. The molecule has 0 aliphatic heterocycles. The zero-order chi connectivity index (χ0) is 16.4. The first-order valence-electron chi connectivity index (χ1n) is 6.96. The summed E-state index contributed by atoms with van der Waals surface area (Å²) in [7, 11) is 0. The van der Waals surface area contributed by atoms with Gasteiger partial charge in [-0.3, -0.25) is 19.9 Å². The number of fused-ring (bicyclic) bond motifs is 1. The van der Waals surface area contributed by atoms with Crippen LogP contribution in [0, 0.1) is 17.0 Å². The Kier molecular flexibility index (Phi) is 3.72. The lowest BCUT2D eigenvalue weighted by Crippen LogP contribution is -2.12. The van der Waals surface area contributed by atoms with Crippen molar-refractivity contribution >= 4 is 28.2 Å². The molecule has 23 heavy (non-hydrogen) atoms. The molecule has 0 bridgehead atoms. The number of nitrogens with one attached hydrogen (secondary N) is 1. The lowest BCUT2D eigenvalue weighted by molar-refractivity contribution is -0.384. The van der Waals surface area contributed by atoms with Gasteiger partial charge < -0.3 is 5.32 Å². The quantitative estimate of drug-likeness (QED) is 0.590. The molecule has 1 heterocycles. The smallest absolute Gasteiger partial charge is 0.270 e. The Labute approximate surface area is 131 Å². The second-order valence-electron chi connectivity index (χ2n) is 5.09.